The number of aryl methyl sites for hydroxylation is 1. The highest BCUT2D eigenvalue weighted by molar-refractivity contribution is 5.76. The average molecular weight is 248 g/mol. The van der Waals surface area contributed by atoms with Crippen molar-refractivity contribution in [3.8, 4) is 0 Å². The Kier molecular flexibility index (Phi) is 4.72. The molecule has 1 rings (SSSR count). The molecule has 6 heteroatoms. The average Bonchev–Trinajstić information content (AvgIpc) is 2.67. The van der Waals surface area contributed by atoms with Gasteiger partial charge in [0, 0.05) is 6.54 Å². The lowest BCUT2D eigenvalue weighted by Gasteiger charge is -2.10. The molecular formula is C11H15F3N2O. The molecule has 0 aliphatic heterocycles. The summed E-state index contributed by atoms with van der Waals surface area (Å²) in [6, 6.07) is 0. The van der Waals surface area contributed by atoms with Gasteiger partial charge in [0.1, 0.15) is 0 Å². The first-order valence-electron chi connectivity index (χ1n) is 5.59. The minimum absolute atomic E-state index is 0.193. The molecule has 0 saturated carbocycles. The van der Waals surface area contributed by atoms with Gasteiger partial charge in [-0.25, -0.2) is 0 Å². The summed E-state index contributed by atoms with van der Waals surface area (Å²) < 4.78 is 38.9. The summed E-state index contributed by atoms with van der Waals surface area (Å²) in [6.45, 7) is 2.22. The summed E-state index contributed by atoms with van der Waals surface area (Å²) in [4.78, 5) is 10.5. The van der Waals surface area contributed by atoms with Gasteiger partial charge in [0.15, 0.2) is 12.0 Å². The molecule has 0 radical (unpaired) electrons. The lowest BCUT2D eigenvalue weighted by atomic mass is 10.2. The fraction of sp³-hybridized carbons (Fsp3) is 0.636. The SMILES string of the molecule is CCCCCCn1ncc(C=O)c1C(F)(F)F. The third-order valence-corrected chi connectivity index (χ3v) is 2.49. The Morgan fingerprint density at radius 1 is 1.35 bits per heavy atom. The van der Waals surface area contributed by atoms with E-state index in [9.17, 15) is 18.0 Å². The van der Waals surface area contributed by atoms with Crippen molar-refractivity contribution in [3.05, 3.63) is 17.5 Å². The van der Waals surface area contributed by atoms with Crippen LogP contribution in [0.2, 0.25) is 0 Å². The van der Waals surface area contributed by atoms with E-state index in [-0.39, 0.29) is 12.8 Å². The van der Waals surface area contributed by atoms with Crippen molar-refractivity contribution >= 4 is 6.29 Å². The van der Waals surface area contributed by atoms with Gasteiger partial charge in [-0.1, -0.05) is 26.2 Å². The summed E-state index contributed by atoms with van der Waals surface area (Å²) in [5.74, 6) is 0. The molecule has 0 saturated heterocycles. The first kappa shape index (κ1) is 13.7. The van der Waals surface area contributed by atoms with Gasteiger partial charge in [-0.05, 0) is 6.42 Å². The molecule has 0 aromatic carbocycles. The third-order valence-electron chi connectivity index (χ3n) is 2.49. The summed E-state index contributed by atoms with van der Waals surface area (Å²) in [6.07, 6.45) is 0.139. The molecule has 0 fully saturated rings. The van der Waals surface area contributed by atoms with Crippen molar-refractivity contribution in [2.45, 2.75) is 45.3 Å². The number of halogens is 3. The first-order valence-corrected chi connectivity index (χ1v) is 5.59. The van der Waals surface area contributed by atoms with Crippen molar-refractivity contribution in [2.75, 3.05) is 0 Å². The minimum atomic E-state index is -4.53. The fourth-order valence-electron chi connectivity index (χ4n) is 1.65. The summed E-state index contributed by atoms with van der Waals surface area (Å²) in [5.41, 5.74) is -1.34. The van der Waals surface area contributed by atoms with Crippen LogP contribution in [0.3, 0.4) is 0 Å². The smallest absolute Gasteiger partial charge is 0.298 e. The predicted octanol–water partition coefficient (Wildman–Crippen LogP) is 3.29. The van der Waals surface area contributed by atoms with Crippen molar-refractivity contribution in [1.82, 2.24) is 9.78 Å². The first-order chi connectivity index (χ1) is 8.00. The monoisotopic (exact) mass is 248 g/mol. The van der Waals surface area contributed by atoms with E-state index < -0.39 is 17.4 Å². The highest BCUT2D eigenvalue weighted by Crippen LogP contribution is 2.31. The van der Waals surface area contributed by atoms with Crippen LogP contribution < -0.4 is 0 Å². The van der Waals surface area contributed by atoms with Crippen LogP contribution in [-0.4, -0.2) is 16.1 Å². The van der Waals surface area contributed by atoms with Gasteiger partial charge < -0.3 is 0 Å². The third kappa shape index (κ3) is 3.57. The number of hydrogen-bond acceptors (Lipinski definition) is 2. The van der Waals surface area contributed by atoms with Gasteiger partial charge in [-0.3, -0.25) is 9.48 Å². The molecule has 1 aromatic heterocycles. The second-order valence-electron chi connectivity index (χ2n) is 3.85. The van der Waals surface area contributed by atoms with E-state index in [4.69, 9.17) is 0 Å². The molecule has 0 unspecified atom stereocenters. The minimum Gasteiger partial charge on any atom is -0.298 e. The Morgan fingerprint density at radius 2 is 2.06 bits per heavy atom. The molecule has 1 aromatic rings. The number of carbonyl (C=O) groups excluding carboxylic acids is 1. The van der Waals surface area contributed by atoms with Gasteiger partial charge in [0.2, 0.25) is 0 Å². The molecule has 3 nitrogen and oxygen atoms in total. The molecule has 96 valence electrons. The molecule has 0 spiro atoms. The van der Waals surface area contributed by atoms with Crippen molar-refractivity contribution in [2.24, 2.45) is 0 Å². The second kappa shape index (κ2) is 5.84. The van der Waals surface area contributed by atoms with Crippen LogP contribution in [-0.2, 0) is 12.7 Å². The number of rotatable bonds is 6. The Morgan fingerprint density at radius 3 is 2.59 bits per heavy atom. The van der Waals surface area contributed by atoms with E-state index in [1.54, 1.807) is 0 Å². The van der Waals surface area contributed by atoms with Crippen molar-refractivity contribution in [3.63, 3.8) is 0 Å². The van der Waals surface area contributed by atoms with Gasteiger partial charge in [0.25, 0.3) is 0 Å². The largest absolute Gasteiger partial charge is 0.433 e. The van der Waals surface area contributed by atoms with E-state index in [1.807, 2.05) is 6.92 Å². The molecular weight excluding hydrogens is 233 g/mol. The molecule has 0 aliphatic carbocycles. The van der Waals surface area contributed by atoms with Crippen molar-refractivity contribution in [1.29, 1.82) is 0 Å². The van der Waals surface area contributed by atoms with E-state index >= 15 is 0 Å². The maximum atomic E-state index is 12.7. The lowest BCUT2D eigenvalue weighted by Crippen LogP contribution is -2.16. The molecule has 0 atom stereocenters. The van der Waals surface area contributed by atoms with Gasteiger partial charge in [-0.15, -0.1) is 0 Å². The maximum absolute atomic E-state index is 12.7. The Hall–Kier alpha value is -1.33. The van der Waals surface area contributed by atoms with Gasteiger partial charge in [-0.2, -0.15) is 18.3 Å². The molecule has 0 bridgehead atoms. The zero-order chi connectivity index (χ0) is 12.9. The van der Waals surface area contributed by atoms with Gasteiger partial charge >= 0.3 is 6.18 Å². The van der Waals surface area contributed by atoms with Crippen LogP contribution >= 0.6 is 0 Å². The van der Waals surface area contributed by atoms with E-state index in [0.717, 1.165) is 30.1 Å². The van der Waals surface area contributed by atoms with Crippen LogP contribution in [0, 0.1) is 0 Å². The molecule has 0 aliphatic rings. The number of carbonyl (C=O) groups is 1. The van der Waals surface area contributed by atoms with Crippen LogP contribution in [0.1, 0.15) is 48.7 Å². The normalized spacial score (nSPS) is 11.8. The van der Waals surface area contributed by atoms with E-state index in [2.05, 4.69) is 5.10 Å². The Labute approximate surface area is 97.6 Å². The maximum Gasteiger partial charge on any atom is 0.433 e. The van der Waals surface area contributed by atoms with Crippen molar-refractivity contribution < 1.29 is 18.0 Å². The van der Waals surface area contributed by atoms with Crippen LogP contribution in [0.5, 0.6) is 0 Å². The summed E-state index contributed by atoms with van der Waals surface area (Å²) in [5, 5.41) is 3.62. The predicted molar refractivity (Wildman–Crippen MR) is 56.8 cm³/mol. The Balaban J connectivity index is 2.78. The highest BCUT2D eigenvalue weighted by atomic mass is 19.4. The second-order valence-corrected chi connectivity index (χ2v) is 3.85. The number of aldehydes is 1. The number of unbranched alkanes of at least 4 members (excludes halogenated alkanes) is 3. The topological polar surface area (TPSA) is 34.9 Å². The van der Waals surface area contributed by atoms with E-state index in [1.165, 1.54) is 0 Å². The molecule has 17 heavy (non-hydrogen) atoms. The number of aromatic nitrogens is 2. The van der Waals surface area contributed by atoms with Crippen LogP contribution in [0.4, 0.5) is 13.2 Å². The number of hydrogen-bond donors (Lipinski definition) is 0. The summed E-state index contributed by atoms with van der Waals surface area (Å²) in [7, 11) is 0. The molecule has 1 heterocycles. The molecule has 0 N–H and O–H groups in total. The standard InChI is InChI=1S/C11H15F3N2O/c1-2-3-4-5-6-16-10(11(12,13)14)9(8-17)7-15-16/h7-8H,2-6H2,1H3. The Bertz CT molecular complexity index is 371. The quantitative estimate of drug-likeness (QED) is 0.572. The number of alkyl halides is 3. The summed E-state index contributed by atoms with van der Waals surface area (Å²) >= 11 is 0. The lowest BCUT2D eigenvalue weighted by molar-refractivity contribution is -0.144. The van der Waals surface area contributed by atoms with Crippen LogP contribution in [0.15, 0.2) is 6.20 Å². The van der Waals surface area contributed by atoms with E-state index in [0.29, 0.717) is 6.42 Å². The molecule has 0 amide bonds. The highest BCUT2D eigenvalue weighted by Gasteiger charge is 2.37. The zero-order valence-corrected chi connectivity index (χ0v) is 9.63. The van der Waals surface area contributed by atoms with Crippen LogP contribution in [0.25, 0.3) is 0 Å². The zero-order valence-electron chi connectivity index (χ0n) is 9.63. The number of nitrogens with zero attached hydrogens (tertiary/aromatic N) is 2. The fourth-order valence-corrected chi connectivity index (χ4v) is 1.65. The van der Waals surface area contributed by atoms with Gasteiger partial charge in [0.05, 0.1) is 11.8 Å².